The molecule has 3 rings (SSSR count). The van der Waals surface area contributed by atoms with Crippen LogP contribution in [0, 0.1) is 5.82 Å². The number of likely N-dealkylation sites (tertiary alicyclic amines) is 1. The molecule has 0 radical (unpaired) electrons. The van der Waals surface area contributed by atoms with Gasteiger partial charge in [-0.05, 0) is 63.0 Å². The average molecular weight is 334 g/mol. The van der Waals surface area contributed by atoms with E-state index in [1.54, 1.807) is 12.1 Å². The van der Waals surface area contributed by atoms with E-state index >= 15 is 0 Å². The third kappa shape index (κ3) is 4.07. The van der Waals surface area contributed by atoms with Crippen LogP contribution in [0.5, 0.6) is 5.75 Å². The lowest BCUT2D eigenvalue weighted by atomic mass is 9.88. The van der Waals surface area contributed by atoms with Crippen molar-refractivity contribution in [3.63, 3.8) is 0 Å². The Bertz CT molecular complexity index is 543. The van der Waals surface area contributed by atoms with E-state index in [0.29, 0.717) is 11.8 Å². The number of hydrogen-bond acceptors (Lipinski definition) is 3. The van der Waals surface area contributed by atoms with Crippen molar-refractivity contribution in [2.24, 2.45) is 0 Å². The highest BCUT2D eigenvalue weighted by atomic mass is 19.1. The van der Waals surface area contributed by atoms with Gasteiger partial charge in [0.05, 0.1) is 0 Å². The van der Waals surface area contributed by atoms with Crippen LogP contribution < -0.4 is 4.74 Å². The molecule has 1 saturated carbocycles. The normalized spacial score (nSPS) is 24.8. The minimum atomic E-state index is -0.304. The van der Waals surface area contributed by atoms with Crippen molar-refractivity contribution < 1.29 is 13.9 Å². The van der Waals surface area contributed by atoms with E-state index < -0.39 is 0 Å². The fraction of sp³-hybridized carbons (Fsp3) is 0.632. The summed E-state index contributed by atoms with van der Waals surface area (Å²) in [4.78, 5) is 17.0. The van der Waals surface area contributed by atoms with Crippen LogP contribution in [0.2, 0.25) is 0 Å². The van der Waals surface area contributed by atoms with Gasteiger partial charge in [-0.25, -0.2) is 4.39 Å². The molecule has 2 unspecified atom stereocenters. The molecule has 2 aliphatic rings. The smallest absolute Gasteiger partial charge is 0.260 e. The predicted octanol–water partition coefficient (Wildman–Crippen LogP) is 3.07. The Labute approximate surface area is 143 Å². The van der Waals surface area contributed by atoms with E-state index in [1.807, 2.05) is 11.9 Å². The fourth-order valence-electron chi connectivity index (χ4n) is 4.01. The SMILES string of the molecule is CN(C(=O)COc1ccc(F)cc1)C1CCCCC1N1CCCC1. The molecule has 1 aromatic rings. The molecular weight excluding hydrogens is 307 g/mol. The maximum atomic E-state index is 12.9. The first-order chi connectivity index (χ1) is 11.6. The molecule has 1 amide bonds. The standard InChI is InChI=1S/C19H27FN2O2/c1-21(19(23)14-24-16-10-8-15(20)9-11-16)17-6-2-3-7-18(17)22-12-4-5-13-22/h8-11,17-18H,2-7,12-14H2,1H3. The maximum Gasteiger partial charge on any atom is 0.260 e. The summed E-state index contributed by atoms with van der Waals surface area (Å²) in [6.45, 7) is 2.33. The molecule has 1 aliphatic heterocycles. The number of likely N-dealkylation sites (N-methyl/N-ethyl adjacent to an activating group) is 1. The number of ether oxygens (including phenoxy) is 1. The lowest BCUT2D eigenvalue weighted by Gasteiger charge is -2.42. The van der Waals surface area contributed by atoms with Gasteiger partial charge in [-0.15, -0.1) is 0 Å². The number of nitrogens with zero attached hydrogens (tertiary/aromatic N) is 2. The highest BCUT2D eigenvalue weighted by molar-refractivity contribution is 5.78. The number of rotatable bonds is 5. The fourth-order valence-corrected chi connectivity index (χ4v) is 4.01. The Morgan fingerprint density at radius 1 is 1.17 bits per heavy atom. The van der Waals surface area contributed by atoms with Crippen LogP contribution in [0.3, 0.4) is 0 Å². The van der Waals surface area contributed by atoms with Gasteiger partial charge in [-0.1, -0.05) is 12.8 Å². The molecule has 2 fully saturated rings. The molecule has 1 aromatic carbocycles. The van der Waals surface area contributed by atoms with Crippen LogP contribution in [-0.2, 0) is 4.79 Å². The van der Waals surface area contributed by atoms with Crippen LogP contribution in [-0.4, -0.2) is 54.5 Å². The van der Waals surface area contributed by atoms with Crippen LogP contribution in [0.25, 0.3) is 0 Å². The molecular formula is C19H27FN2O2. The number of amides is 1. The second-order valence-corrected chi connectivity index (χ2v) is 6.91. The van der Waals surface area contributed by atoms with E-state index in [-0.39, 0.29) is 24.4 Å². The largest absolute Gasteiger partial charge is 0.484 e. The first kappa shape index (κ1) is 17.2. The van der Waals surface area contributed by atoms with Crippen LogP contribution >= 0.6 is 0 Å². The number of benzene rings is 1. The van der Waals surface area contributed by atoms with Crippen molar-refractivity contribution in [3.8, 4) is 5.75 Å². The molecule has 132 valence electrons. The lowest BCUT2D eigenvalue weighted by Crippen LogP contribution is -2.53. The van der Waals surface area contributed by atoms with E-state index in [4.69, 9.17) is 4.74 Å². The summed E-state index contributed by atoms with van der Waals surface area (Å²) in [5.41, 5.74) is 0. The summed E-state index contributed by atoms with van der Waals surface area (Å²) < 4.78 is 18.4. The summed E-state index contributed by atoms with van der Waals surface area (Å²) in [6, 6.07) is 6.55. The van der Waals surface area contributed by atoms with Gasteiger partial charge < -0.3 is 9.64 Å². The van der Waals surface area contributed by atoms with Gasteiger partial charge in [-0.3, -0.25) is 9.69 Å². The van der Waals surface area contributed by atoms with Crippen molar-refractivity contribution in [3.05, 3.63) is 30.1 Å². The number of hydrogen-bond donors (Lipinski definition) is 0. The van der Waals surface area contributed by atoms with Gasteiger partial charge >= 0.3 is 0 Å². The highest BCUT2D eigenvalue weighted by Gasteiger charge is 2.35. The average Bonchev–Trinajstić information content (AvgIpc) is 3.15. The minimum Gasteiger partial charge on any atom is -0.484 e. The minimum absolute atomic E-state index is 0.00424. The Morgan fingerprint density at radius 3 is 2.54 bits per heavy atom. The van der Waals surface area contributed by atoms with Crippen molar-refractivity contribution in [2.75, 3.05) is 26.7 Å². The Balaban J connectivity index is 1.57. The van der Waals surface area contributed by atoms with E-state index in [9.17, 15) is 9.18 Å². The second kappa shape index (κ2) is 7.97. The van der Waals surface area contributed by atoms with Crippen molar-refractivity contribution >= 4 is 5.91 Å². The Morgan fingerprint density at radius 2 is 1.83 bits per heavy atom. The Kier molecular flexibility index (Phi) is 5.72. The predicted molar refractivity (Wildman–Crippen MR) is 91.5 cm³/mol. The maximum absolute atomic E-state index is 12.9. The second-order valence-electron chi connectivity index (χ2n) is 6.91. The molecule has 5 heteroatoms. The monoisotopic (exact) mass is 334 g/mol. The molecule has 24 heavy (non-hydrogen) atoms. The first-order valence-corrected chi connectivity index (χ1v) is 9.03. The van der Waals surface area contributed by atoms with Gasteiger partial charge in [0, 0.05) is 19.1 Å². The number of halogens is 1. The van der Waals surface area contributed by atoms with Gasteiger partial charge in [-0.2, -0.15) is 0 Å². The van der Waals surface area contributed by atoms with Gasteiger partial charge in [0.15, 0.2) is 6.61 Å². The summed E-state index contributed by atoms with van der Waals surface area (Å²) >= 11 is 0. The molecule has 4 nitrogen and oxygen atoms in total. The third-order valence-corrected chi connectivity index (χ3v) is 5.37. The van der Waals surface area contributed by atoms with E-state index in [1.165, 1.54) is 44.2 Å². The molecule has 1 saturated heterocycles. The highest BCUT2D eigenvalue weighted by Crippen LogP contribution is 2.29. The number of carbonyl (C=O) groups excluding carboxylic acids is 1. The van der Waals surface area contributed by atoms with Gasteiger partial charge in [0.1, 0.15) is 11.6 Å². The number of carbonyl (C=O) groups is 1. The summed E-state index contributed by atoms with van der Waals surface area (Å²) in [7, 11) is 1.90. The van der Waals surface area contributed by atoms with E-state index in [0.717, 1.165) is 19.5 Å². The summed E-state index contributed by atoms with van der Waals surface area (Å²) in [5, 5.41) is 0. The van der Waals surface area contributed by atoms with Gasteiger partial charge in [0.25, 0.3) is 5.91 Å². The molecule has 1 heterocycles. The molecule has 0 spiro atoms. The molecule has 1 aliphatic carbocycles. The first-order valence-electron chi connectivity index (χ1n) is 9.03. The Hall–Kier alpha value is -1.62. The van der Waals surface area contributed by atoms with Crippen LogP contribution in [0.15, 0.2) is 24.3 Å². The zero-order chi connectivity index (χ0) is 16.9. The van der Waals surface area contributed by atoms with Crippen LogP contribution in [0.1, 0.15) is 38.5 Å². The molecule has 0 aromatic heterocycles. The van der Waals surface area contributed by atoms with E-state index in [2.05, 4.69) is 4.90 Å². The third-order valence-electron chi connectivity index (χ3n) is 5.37. The zero-order valence-electron chi connectivity index (χ0n) is 14.4. The zero-order valence-corrected chi connectivity index (χ0v) is 14.4. The van der Waals surface area contributed by atoms with Crippen molar-refractivity contribution in [2.45, 2.75) is 50.6 Å². The van der Waals surface area contributed by atoms with Crippen molar-refractivity contribution in [1.82, 2.24) is 9.80 Å². The molecule has 0 bridgehead atoms. The summed E-state index contributed by atoms with van der Waals surface area (Å²) in [5.74, 6) is 0.217. The van der Waals surface area contributed by atoms with Crippen molar-refractivity contribution in [1.29, 1.82) is 0 Å². The lowest BCUT2D eigenvalue weighted by molar-refractivity contribution is -0.136. The quantitative estimate of drug-likeness (QED) is 0.830. The topological polar surface area (TPSA) is 32.8 Å². The van der Waals surface area contributed by atoms with Crippen LogP contribution in [0.4, 0.5) is 4.39 Å². The van der Waals surface area contributed by atoms with Gasteiger partial charge in [0.2, 0.25) is 0 Å². The molecule has 2 atom stereocenters. The summed E-state index contributed by atoms with van der Waals surface area (Å²) in [6.07, 6.45) is 7.24. The molecule has 0 N–H and O–H groups in total.